The molecule has 0 aromatic heterocycles. The molecule has 36 heavy (non-hydrogen) atoms. The average Bonchev–Trinajstić information content (AvgIpc) is 3.51. The Kier molecular flexibility index (Phi) is 9.08. The molecule has 1 aliphatic heterocycles. The molecule has 1 saturated carbocycles. The van der Waals surface area contributed by atoms with E-state index in [0.717, 1.165) is 31.2 Å². The number of fused-ring (bicyclic) bond motifs is 1. The van der Waals surface area contributed by atoms with Crippen molar-refractivity contribution in [1.82, 2.24) is 10.2 Å². The quantitative estimate of drug-likeness (QED) is 0.450. The van der Waals surface area contributed by atoms with Crippen LogP contribution in [0.5, 0.6) is 11.5 Å². The SMILES string of the molecule is O=C(CN(Cc1ccccc1Cl)C1CCCC1)NC(=O)C[S+]([O-])CC(=O)Nc1ccc2c(c1)OCO2. The van der Waals surface area contributed by atoms with E-state index in [2.05, 4.69) is 10.6 Å². The van der Waals surface area contributed by atoms with E-state index in [1.165, 1.54) is 0 Å². The predicted molar refractivity (Wildman–Crippen MR) is 136 cm³/mol. The Balaban J connectivity index is 1.24. The Bertz CT molecular complexity index is 1110. The van der Waals surface area contributed by atoms with Crippen LogP contribution in [0.1, 0.15) is 31.2 Å². The lowest BCUT2D eigenvalue weighted by atomic mass is 10.1. The van der Waals surface area contributed by atoms with Gasteiger partial charge in [-0.1, -0.05) is 42.6 Å². The molecule has 2 aliphatic rings. The fraction of sp³-hybridized carbons (Fsp3) is 0.400. The second-order valence-electron chi connectivity index (χ2n) is 8.75. The summed E-state index contributed by atoms with van der Waals surface area (Å²) in [7, 11) is 0. The van der Waals surface area contributed by atoms with Gasteiger partial charge in [-0.15, -0.1) is 0 Å². The van der Waals surface area contributed by atoms with E-state index in [1.807, 2.05) is 29.2 Å². The van der Waals surface area contributed by atoms with Gasteiger partial charge in [0, 0.05) is 29.4 Å². The Morgan fingerprint density at radius 1 is 1.00 bits per heavy atom. The van der Waals surface area contributed by atoms with Crippen LogP contribution in [0, 0.1) is 0 Å². The van der Waals surface area contributed by atoms with Gasteiger partial charge in [0.05, 0.1) is 6.54 Å². The molecule has 2 N–H and O–H groups in total. The Hall–Kier alpha value is -2.79. The minimum absolute atomic E-state index is 0.0267. The predicted octanol–water partition coefficient (Wildman–Crippen LogP) is 2.84. The van der Waals surface area contributed by atoms with Gasteiger partial charge in [0.1, 0.15) is 0 Å². The van der Waals surface area contributed by atoms with Gasteiger partial charge in [-0.05, 0) is 47.8 Å². The maximum absolute atomic E-state index is 12.6. The zero-order valence-electron chi connectivity index (χ0n) is 19.7. The lowest BCUT2D eigenvalue weighted by Gasteiger charge is -2.28. The standard InChI is InChI=1S/C25H28ClN3O6S/c26-20-8-4-1-5-17(20)12-29(19-6-2-3-7-19)13-23(30)28-25(32)15-36(33)14-24(31)27-18-9-10-21-22(11-18)35-16-34-21/h1,4-5,8-11,19H,2-3,6-7,12-16H2,(H,27,31)(H,28,30,32). The zero-order chi connectivity index (χ0) is 25.5. The van der Waals surface area contributed by atoms with Gasteiger partial charge in [-0.25, -0.2) is 0 Å². The number of carbonyl (C=O) groups excluding carboxylic acids is 3. The van der Waals surface area contributed by atoms with Crippen LogP contribution in [0.4, 0.5) is 5.69 Å². The van der Waals surface area contributed by atoms with Crippen LogP contribution in [0.25, 0.3) is 0 Å². The van der Waals surface area contributed by atoms with Crippen molar-refractivity contribution in [3.63, 3.8) is 0 Å². The van der Waals surface area contributed by atoms with E-state index in [0.29, 0.717) is 28.8 Å². The molecule has 3 amide bonds. The van der Waals surface area contributed by atoms with E-state index in [4.69, 9.17) is 21.1 Å². The van der Waals surface area contributed by atoms with Gasteiger partial charge >= 0.3 is 0 Å². The Morgan fingerprint density at radius 3 is 2.50 bits per heavy atom. The molecule has 0 bridgehead atoms. The number of hydrogen-bond donors (Lipinski definition) is 2. The summed E-state index contributed by atoms with van der Waals surface area (Å²) in [6.07, 6.45) is 4.15. The summed E-state index contributed by atoms with van der Waals surface area (Å²) in [6, 6.07) is 12.6. The van der Waals surface area contributed by atoms with E-state index < -0.39 is 34.7 Å². The van der Waals surface area contributed by atoms with Gasteiger partial charge in [0.2, 0.25) is 12.7 Å². The van der Waals surface area contributed by atoms with Crippen LogP contribution in [0.15, 0.2) is 42.5 Å². The molecule has 1 aliphatic carbocycles. The van der Waals surface area contributed by atoms with Crippen molar-refractivity contribution in [1.29, 1.82) is 0 Å². The van der Waals surface area contributed by atoms with Gasteiger partial charge in [0.15, 0.2) is 23.0 Å². The first-order valence-electron chi connectivity index (χ1n) is 11.7. The van der Waals surface area contributed by atoms with Gasteiger partial charge in [0.25, 0.3) is 11.8 Å². The molecule has 0 radical (unpaired) electrons. The number of ether oxygens (including phenoxy) is 2. The van der Waals surface area contributed by atoms with Crippen LogP contribution in [0.2, 0.25) is 5.02 Å². The number of nitrogens with one attached hydrogen (secondary N) is 2. The number of amides is 3. The molecule has 192 valence electrons. The summed E-state index contributed by atoms with van der Waals surface area (Å²) in [5, 5.41) is 5.56. The summed E-state index contributed by atoms with van der Waals surface area (Å²) in [6.45, 7) is 0.639. The Labute approximate surface area is 217 Å². The third kappa shape index (κ3) is 7.36. The van der Waals surface area contributed by atoms with Gasteiger partial charge in [-0.3, -0.25) is 24.6 Å². The number of imide groups is 1. The average molecular weight is 534 g/mol. The molecule has 9 nitrogen and oxygen atoms in total. The molecule has 2 aromatic carbocycles. The first-order valence-corrected chi connectivity index (χ1v) is 13.6. The number of halogens is 1. The molecule has 0 saturated heterocycles. The summed E-state index contributed by atoms with van der Waals surface area (Å²) in [4.78, 5) is 39.2. The highest BCUT2D eigenvalue weighted by Crippen LogP contribution is 2.34. The maximum Gasteiger partial charge on any atom is 0.276 e. The maximum atomic E-state index is 12.6. The third-order valence-electron chi connectivity index (χ3n) is 6.04. The van der Waals surface area contributed by atoms with Crippen LogP contribution < -0.4 is 20.1 Å². The number of benzene rings is 2. The smallest absolute Gasteiger partial charge is 0.276 e. The van der Waals surface area contributed by atoms with Crippen LogP contribution >= 0.6 is 11.6 Å². The summed E-state index contributed by atoms with van der Waals surface area (Å²) >= 11 is 4.53. The van der Waals surface area contributed by atoms with E-state index in [1.54, 1.807) is 18.2 Å². The highest BCUT2D eigenvalue weighted by atomic mass is 35.5. The first-order chi connectivity index (χ1) is 17.4. The number of hydrogen-bond acceptors (Lipinski definition) is 7. The normalized spacial score (nSPS) is 15.6. The molecule has 1 unspecified atom stereocenters. The Morgan fingerprint density at radius 2 is 1.72 bits per heavy atom. The molecule has 1 heterocycles. The van der Waals surface area contributed by atoms with Gasteiger partial charge < -0.3 is 19.3 Å². The number of rotatable bonds is 10. The fourth-order valence-corrected chi connectivity index (χ4v) is 5.39. The molecule has 1 fully saturated rings. The summed E-state index contributed by atoms with van der Waals surface area (Å²) in [5.41, 5.74) is 1.38. The van der Waals surface area contributed by atoms with Crippen molar-refractivity contribution in [2.45, 2.75) is 38.3 Å². The largest absolute Gasteiger partial charge is 0.616 e. The lowest BCUT2D eigenvalue weighted by molar-refractivity contribution is -0.130. The van der Waals surface area contributed by atoms with Crippen molar-refractivity contribution < 1.29 is 28.4 Å². The zero-order valence-corrected chi connectivity index (χ0v) is 21.2. The molecule has 4 rings (SSSR count). The van der Waals surface area contributed by atoms with E-state index >= 15 is 0 Å². The molecule has 11 heteroatoms. The van der Waals surface area contributed by atoms with E-state index in [-0.39, 0.29) is 25.1 Å². The first kappa shape index (κ1) is 26.3. The minimum Gasteiger partial charge on any atom is -0.616 e. The number of carbonyl (C=O) groups is 3. The molecule has 1 atom stereocenters. The summed E-state index contributed by atoms with van der Waals surface area (Å²) in [5.74, 6) is -1.41. The number of nitrogens with zero attached hydrogens (tertiary/aromatic N) is 1. The van der Waals surface area contributed by atoms with Crippen LogP contribution in [-0.4, -0.2) is 58.1 Å². The summed E-state index contributed by atoms with van der Waals surface area (Å²) < 4.78 is 22.8. The molecular weight excluding hydrogens is 506 g/mol. The molecule has 0 spiro atoms. The second-order valence-corrected chi connectivity index (χ2v) is 10.6. The minimum atomic E-state index is -1.78. The van der Waals surface area contributed by atoms with Gasteiger partial charge in [-0.2, -0.15) is 0 Å². The van der Waals surface area contributed by atoms with Crippen LogP contribution in [-0.2, 0) is 32.1 Å². The monoisotopic (exact) mass is 533 g/mol. The lowest BCUT2D eigenvalue weighted by Crippen LogP contribution is -2.45. The van der Waals surface area contributed by atoms with Crippen molar-refractivity contribution in [2.75, 3.05) is 30.2 Å². The second kappa shape index (κ2) is 12.4. The van der Waals surface area contributed by atoms with Crippen molar-refractivity contribution >= 4 is 46.2 Å². The molecular formula is C25H28ClN3O6S. The third-order valence-corrected chi connectivity index (χ3v) is 7.58. The number of anilines is 1. The van der Waals surface area contributed by atoms with E-state index in [9.17, 15) is 18.9 Å². The van der Waals surface area contributed by atoms with Crippen molar-refractivity contribution in [3.05, 3.63) is 53.1 Å². The highest BCUT2D eigenvalue weighted by molar-refractivity contribution is 7.92. The van der Waals surface area contributed by atoms with Crippen molar-refractivity contribution in [3.8, 4) is 11.5 Å². The highest BCUT2D eigenvalue weighted by Gasteiger charge is 2.27. The fourth-order valence-electron chi connectivity index (χ4n) is 4.36. The molecule has 2 aromatic rings. The topological polar surface area (TPSA) is 120 Å². The van der Waals surface area contributed by atoms with Crippen LogP contribution in [0.3, 0.4) is 0 Å². The van der Waals surface area contributed by atoms with Crippen molar-refractivity contribution in [2.24, 2.45) is 0 Å².